The molecule has 2 aromatic rings. The maximum atomic E-state index is 11.7. The molecule has 2 N–H and O–H groups in total. The van der Waals surface area contributed by atoms with Crippen molar-refractivity contribution in [2.24, 2.45) is 4.99 Å². The second kappa shape index (κ2) is 9.13. The number of sulfonamides is 1. The molecule has 0 atom stereocenters. The van der Waals surface area contributed by atoms with Gasteiger partial charge in [0, 0.05) is 11.3 Å². The number of nitrogens with one attached hydrogen (secondary N) is 2. The molecule has 0 amide bonds. The Morgan fingerprint density at radius 3 is 2.15 bits per heavy atom. The summed E-state index contributed by atoms with van der Waals surface area (Å²) in [7, 11) is 1.18. The lowest BCUT2D eigenvalue weighted by Crippen LogP contribution is -2.35. The van der Waals surface area contributed by atoms with Crippen molar-refractivity contribution in [2.75, 3.05) is 32.9 Å². The lowest BCUT2D eigenvalue weighted by atomic mass is 10.2. The molecule has 0 saturated carbocycles. The number of benzene rings is 2. The van der Waals surface area contributed by atoms with E-state index in [-0.39, 0.29) is 12.5 Å². The van der Waals surface area contributed by atoms with E-state index in [1.165, 1.54) is 0 Å². The number of rotatable bonds is 7. The van der Waals surface area contributed by atoms with Crippen LogP contribution in [0.3, 0.4) is 0 Å². The molecule has 0 aromatic heterocycles. The molecular weight excluding hydrogens is 370 g/mol. The van der Waals surface area contributed by atoms with Gasteiger partial charge in [-0.05, 0) is 42.5 Å². The Labute approximate surface area is 159 Å². The largest absolute Gasteiger partial charge is 0.497 e. The van der Waals surface area contributed by atoms with Crippen LogP contribution in [0.15, 0.2) is 47.5 Å². The number of guanidine groups is 1. The van der Waals surface area contributed by atoms with Crippen molar-refractivity contribution in [2.45, 2.75) is 6.54 Å². The van der Waals surface area contributed by atoms with Crippen LogP contribution in [0.2, 0.25) is 0 Å². The van der Waals surface area contributed by atoms with E-state index in [0.717, 1.165) is 11.8 Å². The molecule has 0 fully saturated rings. The average Bonchev–Trinajstić information content (AvgIpc) is 2.65. The normalized spacial score (nSPS) is 11.6. The molecule has 2 rings (SSSR count). The van der Waals surface area contributed by atoms with Gasteiger partial charge in [0.25, 0.3) is 0 Å². The molecule has 0 unspecified atom stereocenters. The quantitative estimate of drug-likeness (QED) is 0.553. The number of aliphatic imine (C=N–C) groups is 1. The van der Waals surface area contributed by atoms with Crippen molar-refractivity contribution in [1.82, 2.24) is 4.72 Å². The van der Waals surface area contributed by atoms with Crippen LogP contribution in [0.4, 0.5) is 5.69 Å². The number of anilines is 1. The number of nitrogens with zero attached hydrogens (tertiary/aromatic N) is 1. The van der Waals surface area contributed by atoms with Gasteiger partial charge in [-0.2, -0.15) is 0 Å². The summed E-state index contributed by atoms with van der Waals surface area (Å²) in [5.41, 5.74) is 1.41. The van der Waals surface area contributed by atoms with E-state index in [9.17, 15) is 8.42 Å². The average molecular weight is 393 g/mol. The van der Waals surface area contributed by atoms with Crippen LogP contribution in [0.1, 0.15) is 5.56 Å². The third-order valence-corrected chi connectivity index (χ3v) is 4.09. The van der Waals surface area contributed by atoms with Crippen molar-refractivity contribution in [1.29, 1.82) is 0 Å². The van der Waals surface area contributed by atoms with E-state index < -0.39 is 10.0 Å². The minimum Gasteiger partial charge on any atom is -0.497 e. The van der Waals surface area contributed by atoms with Gasteiger partial charge >= 0.3 is 0 Å². The first-order valence-electron chi connectivity index (χ1n) is 7.99. The molecule has 146 valence electrons. The first-order chi connectivity index (χ1) is 12.8. The Balaban J connectivity index is 2.27. The monoisotopic (exact) mass is 393 g/mol. The van der Waals surface area contributed by atoms with Crippen LogP contribution in [0, 0.1) is 0 Å². The van der Waals surface area contributed by atoms with Gasteiger partial charge in [0.1, 0.15) is 17.2 Å². The van der Waals surface area contributed by atoms with Crippen LogP contribution in [0.5, 0.6) is 17.2 Å². The van der Waals surface area contributed by atoms with Crippen molar-refractivity contribution < 1.29 is 22.6 Å². The van der Waals surface area contributed by atoms with Gasteiger partial charge < -0.3 is 19.5 Å². The zero-order valence-corrected chi connectivity index (χ0v) is 16.5. The fraction of sp³-hybridized carbons (Fsp3) is 0.278. The van der Waals surface area contributed by atoms with Crippen LogP contribution in [-0.2, 0) is 16.6 Å². The predicted octanol–water partition coefficient (Wildman–Crippen LogP) is 2.23. The first kappa shape index (κ1) is 20.4. The summed E-state index contributed by atoms with van der Waals surface area (Å²) in [4.78, 5) is 4.35. The zero-order valence-electron chi connectivity index (χ0n) is 15.6. The van der Waals surface area contributed by atoms with Crippen LogP contribution in [0.25, 0.3) is 0 Å². The second-order valence-electron chi connectivity index (χ2n) is 5.57. The lowest BCUT2D eigenvalue weighted by molar-refractivity contribution is 0.399. The number of hydrogen-bond acceptors (Lipinski definition) is 6. The van der Waals surface area contributed by atoms with Crippen LogP contribution < -0.4 is 24.2 Å². The fourth-order valence-corrected chi connectivity index (χ4v) is 2.72. The summed E-state index contributed by atoms with van der Waals surface area (Å²) < 4.78 is 41.4. The van der Waals surface area contributed by atoms with Crippen molar-refractivity contribution in [3.8, 4) is 17.2 Å². The Kier molecular flexibility index (Phi) is 6.89. The summed E-state index contributed by atoms with van der Waals surface area (Å²) in [6.45, 7) is 0.182. The highest BCUT2D eigenvalue weighted by Crippen LogP contribution is 2.24. The molecule has 0 bridgehead atoms. The maximum absolute atomic E-state index is 11.7. The number of hydrogen-bond donors (Lipinski definition) is 2. The number of ether oxygens (including phenoxy) is 3. The molecule has 0 radical (unpaired) electrons. The summed E-state index contributed by atoms with van der Waals surface area (Å²) >= 11 is 0. The van der Waals surface area contributed by atoms with E-state index in [0.29, 0.717) is 22.9 Å². The Bertz CT molecular complexity index is 896. The summed E-state index contributed by atoms with van der Waals surface area (Å²) in [6, 6.07) is 12.3. The smallest absolute Gasteiger partial charge is 0.232 e. The SMILES string of the molecule is COc1ccc(NC(=NCc2cc(OC)ccc2OC)NS(C)(=O)=O)cc1. The summed E-state index contributed by atoms with van der Waals surface area (Å²) in [6.07, 6.45) is 1.06. The predicted molar refractivity (Wildman–Crippen MR) is 105 cm³/mol. The highest BCUT2D eigenvalue weighted by molar-refractivity contribution is 7.89. The Morgan fingerprint density at radius 2 is 1.59 bits per heavy atom. The van der Waals surface area contributed by atoms with E-state index in [2.05, 4.69) is 15.0 Å². The topological polar surface area (TPSA) is 98.2 Å². The molecule has 0 aliphatic rings. The molecular formula is C18H23N3O5S. The summed E-state index contributed by atoms with van der Waals surface area (Å²) in [5.74, 6) is 2.06. The standard InChI is InChI=1S/C18H23N3O5S/c1-24-15-7-5-14(6-8-15)20-18(21-27(4,22)23)19-12-13-11-16(25-2)9-10-17(13)26-3/h5-11H,12H2,1-4H3,(H2,19,20,21). The molecule has 0 aliphatic carbocycles. The maximum Gasteiger partial charge on any atom is 0.232 e. The fourth-order valence-electron chi connectivity index (χ4n) is 2.25. The Hall–Kier alpha value is -2.94. The van der Waals surface area contributed by atoms with Gasteiger partial charge in [-0.25, -0.2) is 13.4 Å². The minimum absolute atomic E-state index is 0.0903. The number of methoxy groups -OCH3 is 3. The molecule has 8 nitrogen and oxygen atoms in total. The van der Waals surface area contributed by atoms with E-state index >= 15 is 0 Å². The molecule has 0 aliphatic heterocycles. The van der Waals surface area contributed by atoms with Crippen molar-refractivity contribution in [3.05, 3.63) is 48.0 Å². The first-order valence-corrected chi connectivity index (χ1v) is 9.88. The van der Waals surface area contributed by atoms with E-state index in [1.807, 2.05) is 0 Å². The third kappa shape index (κ3) is 6.37. The lowest BCUT2D eigenvalue weighted by Gasteiger charge is -2.13. The highest BCUT2D eigenvalue weighted by atomic mass is 32.2. The van der Waals surface area contributed by atoms with Crippen molar-refractivity contribution >= 4 is 21.7 Å². The van der Waals surface area contributed by atoms with Gasteiger partial charge in [-0.15, -0.1) is 0 Å². The third-order valence-electron chi connectivity index (χ3n) is 3.53. The minimum atomic E-state index is -3.51. The van der Waals surface area contributed by atoms with Crippen LogP contribution in [-0.4, -0.2) is 42.0 Å². The van der Waals surface area contributed by atoms with Crippen molar-refractivity contribution in [3.63, 3.8) is 0 Å². The van der Waals surface area contributed by atoms with Gasteiger partial charge in [-0.1, -0.05) is 0 Å². The summed E-state index contributed by atoms with van der Waals surface area (Å²) in [5, 5.41) is 2.96. The molecule has 2 aromatic carbocycles. The van der Waals surface area contributed by atoms with Gasteiger partial charge in [-0.3, -0.25) is 4.72 Å². The Morgan fingerprint density at radius 1 is 0.963 bits per heavy atom. The zero-order chi connectivity index (χ0) is 19.9. The van der Waals surface area contributed by atoms with Gasteiger partial charge in [0.15, 0.2) is 0 Å². The van der Waals surface area contributed by atoms with Gasteiger partial charge in [0.2, 0.25) is 16.0 Å². The van der Waals surface area contributed by atoms with E-state index in [1.54, 1.807) is 63.8 Å². The molecule has 0 heterocycles. The highest BCUT2D eigenvalue weighted by Gasteiger charge is 2.09. The molecule has 9 heteroatoms. The molecule has 27 heavy (non-hydrogen) atoms. The molecule has 0 saturated heterocycles. The second-order valence-corrected chi connectivity index (χ2v) is 7.32. The van der Waals surface area contributed by atoms with Gasteiger partial charge in [0.05, 0.1) is 34.1 Å². The van der Waals surface area contributed by atoms with E-state index in [4.69, 9.17) is 14.2 Å². The van der Waals surface area contributed by atoms with Crippen LogP contribution >= 0.6 is 0 Å². The molecule has 0 spiro atoms.